The zero-order chi connectivity index (χ0) is 7.33. The van der Waals surface area contributed by atoms with Crippen molar-refractivity contribution in [2.24, 2.45) is 0 Å². The molecule has 0 aromatic heterocycles. The van der Waals surface area contributed by atoms with Crippen LogP contribution in [-0.2, 0) is 4.43 Å². The largest absolute Gasteiger partial charge is 0.420 e. The first-order valence-electron chi connectivity index (χ1n) is 3.23. The Morgan fingerprint density at radius 2 is 2.00 bits per heavy atom. The van der Waals surface area contributed by atoms with E-state index in [1.807, 2.05) is 0 Å². The summed E-state index contributed by atoms with van der Waals surface area (Å²) in [7, 11) is 0.275. The summed E-state index contributed by atoms with van der Waals surface area (Å²) in [5, 5.41) is 0. The highest BCUT2D eigenvalue weighted by atomic mass is 28.4. The molecule has 0 saturated heterocycles. The van der Waals surface area contributed by atoms with Gasteiger partial charge in [0, 0.05) is 7.11 Å². The highest BCUT2D eigenvalue weighted by molar-refractivity contribution is 6.71. The summed E-state index contributed by atoms with van der Waals surface area (Å²) < 4.78 is 16.8. The van der Waals surface area contributed by atoms with E-state index in [0.717, 1.165) is 6.04 Å². The summed E-state index contributed by atoms with van der Waals surface area (Å²) in [6.45, 7) is 3.99. The molecule has 0 bridgehead atoms. The molecule has 1 nitrogen and oxygen atoms in total. The second-order valence-electron chi connectivity index (χ2n) is 2.76. The van der Waals surface area contributed by atoms with E-state index < -0.39 is 8.32 Å². The van der Waals surface area contributed by atoms with Crippen molar-refractivity contribution in [1.29, 1.82) is 0 Å². The number of hydrogen-bond donors (Lipinski definition) is 0. The highest BCUT2D eigenvalue weighted by Crippen LogP contribution is 2.11. The first-order chi connectivity index (χ1) is 4.12. The van der Waals surface area contributed by atoms with Crippen LogP contribution < -0.4 is 0 Å². The predicted octanol–water partition coefficient (Wildman–Crippen LogP) is 2.20. The minimum absolute atomic E-state index is 0.209. The van der Waals surface area contributed by atoms with Crippen molar-refractivity contribution in [3.63, 3.8) is 0 Å². The van der Waals surface area contributed by atoms with E-state index in [1.165, 1.54) is 0 Å². The van der Waals surface area contributed by atoms with Crippen LogP contribution in [0.25, 0.3) is 0 Å². The van der Waals surface area contributed by atoms with Gasteiger partial charge in [0.05, 0.1) is 6.67 Å². The molecule has 0 N–H and O–H groups in total. The smallest absolute Gasteiger partial charge is 0.186 e. The van der Waals surface area contributed by atoms with Crippen molar-refractivity contribution in [1.82, 2.24) is 0 Å². The van der Waals surface area contributed by atoms with Gasteiger partial charge in [0.1, 0.15) is 0 Å². The molecule has 0 aliphatic heterocycles. The normalized spacial score (nSPS) is 12.0. The lowest BCUT2D eigenvalue weighted by atomic mass is 10.6. The Morgan fingerprint density at radius 3 is 2.33 bits per heavy atom. The lowest BCUT2D eigenvalue weighted by molar-refractivity contribution is 0.395. The fraction of sp³-hybridized carbons (Fsp3) is 1.00. The van der Waals surface area contributed by atoms with Crippen LogP contribution in [0, 0.1) is 0 Å². The zero-order valence-corrected chi connectivity index (χ0v) is 7.41. The third-order valence-electron chi connectivity index (χ3n) is 1.47. The summed E-state index contributed by atoms with van der Waals surface area (Å²) in [6.07, 6.45) is 0.660. The Balaban J connectivity index is 3.33. The van der Waals surface area contributed by atoms with Gasteiger partial charge in [-0.15, -0.1) is 0 Å². The maximum Gasteiger partial charge on any atom is 0.186 e. The third-order valence-corrected chi connectivity index (χ3v) is 4.13. The van der Waals surface area contributed by atoms with Gasteiger partial charge in [-0.1, -0.05) is 0 Å². The standard InChI is InChI=1S/C6H15FOSi/c1-8-9(2,3)6-4-5-7/h4-6H2,1-3H3. The Bertz CT molecular complexity index is 75.5. The SMILES string of the molecule is CO[Si](C)(C)CCCF. The topological polar surface area (TPSA) is 9.23 Å². The summed E-state index contributed by atoms with van der Waals surface area (Å²) >= 11 is 0. The maximum absolute atomic E-state index is 11.6. The van der Waals surface area contributed by atoms with Crippen LogP contribution in [0.2, 0.25) is 19.1 Å². The summed E-state index contributed by atoms with van der Waals surface area (Å²) in [5.74, 6) is 0. The van der Waals surface area contributed by atoms with Crippen LogP contribution in [0.5, 0.6) is 0 Å². The van der Waals surface area contributed by atoms with Crippen LogP contribution in [0.3, 0.4) is 0 Å². The van der Waals surface area contributed by atoms with Gasteiger partial charge in [-0.2, -0.15) is 0 Å². The lowest BCUT2D eigenvalue weighted by Gasteiger charge is -2.18. The highest BCUT2D eigenvalue weighted by Gasteiger charge is 2.18. The predicted molar refractivity (Wildman–Crippen MR) is 39.9 cm³/mol. The van der Waals surface area contributed by atoms with Crippen molar-refractivity contribution in [2.75, 3.05) is 13.8 Å². The minimum atomic E-state index is -1.44. The van der Waals surface area contributed by atoms with Crippen molar-refractivity contribution in [3.05, 3.63) is 0 Å². The van der Waals surface area contributed by atoms with Gasteiger partial charge in [0.15, 0.2) is 8.32 Å². The van der Waals surface area contributed by atoms with E-state index in [0.29, 0.717) is 6.42 Å². The first-order valence-corrected chi connectivity index (χ1v) is 6.35. The molecule has 0 atom stereocenters. The molecule has 0 amide bonds. The van der Waals surface area contributed by atoms with Crippen molar-refractivity contribution >= 4 is 8.32 Å². The van der Waals surface area contributed by atoms with Gasteiger partial charge >= 0.3 is 0 Å². The molecule has 0 aliphatic carbocycles. The summed E-state index contributed by atoms with van der Waals surface area (Å²) in [5.41, 5.74) is 0. The van der Waals surface area contributed by atoms with E-state index in [9.17, 15) is 4.39 Å². The van der Waals surface area contributed by atoms with Crippen molar-refractivity contribution in [2.45, 2.75) is 25.6 Å². The van der Waals surface area contributed by atoms with Crippen molar-refractivity contribution in [3.8, 4) is 0 Å². The average Bonchev–Trinajstić information content (AvgIpc) is 1.84. The lowest BCUT2D eigenvalue weighted by Crippen LogP contribution is -2.28. The zero-order valence-electron chi connectivity index (χ0n) is 6.41. The number of hydrogen-bond acceptors (Lipinski definition) is 1. The molecule has 0 fully saturated rings. The van der Waals surface area contributed by atoms with Gasteiger partial charge in [-0.05, 0) is 25.6 Å². The maximum atomic E-state index is 11.6. The Kier molecular flexibility index (Phi) is 4.06. The molecule has 0 heterocycles. The molecule has 0 saturated carbocycles. The fourth-order valence-corrected chi connectivity index (χ4v) is 1.78. The molecule has 0 aliphatic rings. The van der Waals surface area contributed by atoms with Gasteiger partial charge in [-0.3, -0.25) is 4.39 Å². The summed E-state index contributed by atoms with van der Waals surface area (Å²) in [4.78, 5) is 0. The monoisotopic (exact) mass is 150 g/mol. The molecule has 0 aromatic carbocycles. The second kappa shape index (κ2) is 4.01. The molecule has 0 unspecified atom stereocenters. The first kappa shape index (κ1) is 9.11. The molecule has 0 aromatic rings. The number of halogens is 1. The average molecular weight is 150 g/mol. The molecular weight excluding hydrogens is 135 g/mol. The van der Waals surface area contributed by atoms with Crippen LogP contribution in [-0.4, -0.2) is 22.1 Å². The van der Waals surface area contributed by atoms with Gasteiger partial charge < -0.3 is 4.43 Å². The van der Waals surface area contributed by atoms with Crippen LogP contribution in [0.1, 0.15) is 6.42 Å². The van der Waals surface area contributed by atoms with Crippen molar-refractivity contribution < 1.29 is 8.82 Å². The Labute approximate surface area is 57.3 Å². The fourth-order valence-electron chi connectivity index (χ4n) is 0.595. The quantitative estimate of drug-likeness (QED) is 0.558. The number of rotatable bonds is 4. The van der Waals surface area contributed by atoms with E-state index in [2.05, 4.69) is 13.1 Å². The van der Waals surface area contributed by atoms with Gasteiger partial charge in [0.25, 0.3) is 0 Å². The van der Waals surface area contributed by atoms with E-state index >= 15 is 0 Å². The van der Waals surface area contributed by atoms with Gasteiger partial charge in [-0.25, -0.2) is 0 Å². The van der Waals surface area contributed by atoms with Gasteiger partial charge in [0.2, 0.25) is 0 Å². The Morgan fingerprint density at radius 1 is 1.44 bits per heavy atom. The van der Waals surface area contributed by atoms with E-state index in [-0.39, 0.29) is 6.67 Å². The molecule has 3 heteroatoms. The molecule has 0 spiro atoms. The molecule has 56 valence electrons. The van der Waals surface area contributed by atoms with E-state index in [4.69, 9.17) is 4.43 Å². The third kappa shape index (κ3) is 4.60. The molecule has 0 rings (SSSR count). The minimum Gasteiger partial charge on any atom is -0.420 e. The Hall–Kier alpha value is 0.107. The van der Waals surface area contributed by atoms with Crippen LogP contribution in [0.4, 0.5) is 4.39 Å². The molecule has 0 radical (unpaired) electrons. The van der Waals surface area contributed by atoms with Crippen LogP contribution in [0.15, 0.2) is 0 Å². The molecular formula is C6H15FOSi. The molecule has 9 heavy (non-hydrogen) atoms. The van der Waals surface area contributed by atoms with Crippen LogP contribution >= 0.6 is 0 Å². The number of alkyl halides is 1. The summed E-state index contributed by atoms with van der Waals surface area (Å²) in [6, 6.07) is 0.931. The second-order valence-corrected chi connectivity index (χ2v) is 7.18. The van der Waals surface area contributed by atoms with E-state index in [1.54, 1.807) is 7.11 Å².